The van der Waals surface area contributed by atoms with Crippen LogP contribution in [0.25, 0.3) is 0 Å². The van der Waals surface area contributed by atoms with Crippen LogP contribution in [0.2, 0.25) is 0 Å². The molecule has 1 fully saturated rings. The Morgan fingerprint density at radius 3 is 2.58 bits per heavy atom. The summed E-state index contributed by atoms with van der Waals surface area (Å²) >= 11 is 0. The van der Waals surface area contributed by atoms with Crippen molar-refractivity contribution in [3.8, 4) is 0 Å². The van der Waals surface area contributed by atoms with Gasteiger partial charge >= 0.3 is 0 Å². The molecule has 4 rings (SSSR count). The summed E-state index contributed by atoms with van der Waals surface area (Å²) < 4.78 is 53.9. The fourth-order valence-electron chi connectivity index (χ4n) is 3.89. The van der Waals surface area contributed by atoms with E-state index in [1.54, 1.807) is 11.0 Å². The van der Waals surface area contributed by atoms with E-state index in [-0.39, 0.29) is 18.5 Å². The first kappa shape index (κ1) is 21.4. The molecule has 0 radical (unpaired) electrons. The number of benzene rings is 1. The number of hydrazone groups is 1. The topological polar surface area (TPSA) is 78.8 Å². The summed E-state index contributed by atoms with van der Waals surface area (Å²) in [5.41, 5.74) is 0.275. The zero-order valence-electron chi connectivity index (χ0n) is 16.6. The van der Waals surface area contributed by atoms with Crippen LogP contribution in [-0.4, -0.2) is 56.8 Å². The number of rotatable bonds is 4. The lowest BCUT2D eigenvalue weighted by Gasteiger charge is -2.36. The molecular weight excluding hydrogens is 431 g/mol. The molecule has 2 aromatic rings. The molecule has 3 heterocycles. The average molecular weight is 451 g/mol. The highest BCUT2D eigenvalue weighted by molar-refractivity contribution is 7.84. The number of carbonyl (C=O) groups is 1. The monoisotopic (exact) mass is 451 g/mol. The van der Waals surface area contributed by atoms with Gasteiger partial charge < -0.3 is 4.90 Å². The van der Waals surface area contributed by atoms with E-state index in [1.165, 1.54) is 18.8 Å². The third-order valence-electron chi connectivity index (χ3n) is 5.43. The Labute approximate surface area is 179 Å². The van der Waals surface area contributed by atoms with Crippen molar-refractivity contribution in [1.82, 2.24) is 15.0 Å². The first-order valence-corrected chi connectivity index (χ1v) is 11.3. The van der Waals surface area contributed by atoms with Crippen molar-refractivity contribution in [3.63, 3.8) is 0 Å². The highest BCUT2D eigenvalue weighted by Crippen LogP contribution is 2.34. The minimum atomic E-state index is -1.49. The van der Waals surface area contributed by atoms with Crippen LogP contribution in [0.5, 0.6) is 0 Å². The van der Waals surface area contributed by atoms with E-state index >= 15 is 4.39 Å². The SMILES string of the molecule is C[S@@](=O)c1cc(N2CC[C@H](C(=O)N3N=CC[C@H]3c3cc(F)cc(F)c3)[C@H](F)C2)ncn1. The summed E-state index contributed by atoms with van der Waals surface area (Å²) in [7, 11) is -1.30. The molecular formula is C20H20F3N5O2S. The Morgan fingerprint density at radius 1 is 1.16 bits per heavy atom. The summed E-state index contributed by atoms with van der Waals surface area (Å²) in [5, 5.41) is 5.52. The van der Waals surface area contributed by atoms with Gasteiger partial charge in [0.15, 0.2) is 0 Å². The second kappa shape index (κ2) is 8.74. The molecule has 2 aliphatic rings. The van der Waals surface area contributed by atoms with Crippen molar-refractivity contribution in [2.75, 3.05) is 24.2 Å². The van der Waals surface area contributed by atoms with Crippen LogP contribution in [0.4, 0.5) is 19.0 Å². The smallest absolute Gasteiger partial charge is 0.249 e. The van der Waals surface area contributed by atoms with Gasteiger partial charge in [-0.25, -0.2) is 28.1 Å². The maximum atomic E-state index is 15.0. The number of halogens is 3. The normalized spacial score (nSPS) is 24.5. The van der Waals surface area contributed by atoms with E-state index in [1.807, 2.05) is 0 Å². The molecule has 1 saturated heterocycles. The molecule has 2 aliphatic heterocycles. The maximum absolute atomic E-state index is 15.0. The molecule has 0 bridgehead atoms. The van der Waals surface area contributed by atoms with E-state index in [0.29, 0.717) is 23.8 Å². The van der Waals surface area contributed by atoms with Crippen molar-refractivity contribution in [3.05, 3.63) is 47.8 Å². The van der Waals surface area contributed by atoms with Crippen LogP contribution < -0.4 is 4.90 Å². The molecule has 1 amide bonds. The minimum absolute atomic E-state index is 0.0694. The van der Waals surface area contributed by atoms with Crippen LogP contribution in [0, 0.1) is 17.6 Å². The van der Waals surface area contributed by atoms with Gasteiger partial charge in [-0.05, 0) is 24.1 Å². The third kappa shape index (κ3) is 4.46. The lowest BCUT2D eigenvalue weighted by molar-refractivity contribution is -0.140. The van der Waals surface area contributed by atoms with Crippen molar-refractivity contribution in [2.24, 2.45) is 11.0 Å². The molecule has 7 nitrogen and oxygen atoms in total. The van der Waals surface area contributed by atoms with Gasteiger partial charge in [0.2, 0.25) is 5.91 Å². The molecule has 0 unspecified atom stereocenters. The predicted octanol–water partition coefficient (Wildman–Crippen LogP) is 2.62. The van der Waals surface area contributed by atoms with Gasteiger partial charge in [0.25, 0.3) is 0 Å². The Kier molecular flexibility index (Phi) is 6.03. The third-order valence-corrected chi connectivity index (χ3v) is 6.24. The van der Waals surface area contributed by atoms with Gasteiger partial charge in [0.05, 0.1) is 29.3 Å². The molecule has 1 aromatic heterocycles. The summed E-state index contributed by atoms with van der Waals surface area (Å²) in [6.45, 7) is 0.292. The molecule has 0 aliphatic carbocycles. The lowest BCUT2D eigenvalue weighted by Crippen LogP contribution is -2.48. The van der Waals surface area contributed by atoms with Gasteiger partial charge in [-0.1, -0.05) is 0 Å². The maximum Gasteiger partial charge on any atom is 0.249 e. The molecule has 0 N–H and O–H groups in total. The number of hydrogen-bond donors (Lipinski definition) is 0. The highest BCUT2D eigenvalue weighted by atomic mass is 32.2. The van der Waals surface area contributed by atoms with Gasteiger partial charge in [0, 0.05) is 37.6 Å². The van der Waals surface area contributed by atoms with Crippen LogP contribution in [0.3, 0.4) is 0 Å². The molecule has 4 atom stereocenters. The van der Waals surface area contributed by atoms with E-state index < -0.39 is 46.5 Å². The van der Waals surface area contributed by atoms with Gasteiger partial charge in [0.1, 0.15) is 35.0 Å². The summed E-state index contributed by atoms with van der Waals surface area (Å²) in [6.07, 6.45) is 3.27. The van der Waals surface area contributed by atoms with Crippen LogP contribution in [-0.2, 0) is 15.6 Å². The number of amides is 1. The van der Waals surface area contributed by atoms with Crippen LogP contribution >= 0.6 is 0 Å². The van der Waals surface area contributed by atoms with E-state index in [4.69, 9.17) is 0 Å². The first-order chi connectivity index (χ1) is 14.8. The molecule has 31 heavy (non-hydrogen) atoms. The second-order valence-corrected chi connectivity index (χ2v) is 8.79. The number of anilines is 1. The summed E-state index contributed by atoms with van der Waals surface area (Å²) in [4.78, 5) is 22.8. The summed E-state index contributed by atoms with van der Waals surface area (Å²) in [6, 6.07) is 3.94. The number of alkyl halides is 1. The summed E-state index contributed by atoms with van der Waals surface area (Å²) in [5.74, 6) is -2.50. The van der Waals surface area contributed by atoms with E-state index in [2.05, 4.69) is 15.1 Å². The molecule has 164 valence electrons. The Hall–Kier alpha value is -2.82. The Balaban J connectivity index is 1.48. The molecule has 1 aromatic carbocycles. The van der Waals surface area contributed by atoms with Gasteiger partial charge in [-0.3, -0.25) is 9.00 Å². The van der Waals surface area contributed by atoms with Crippen molar-refractivity contribution >= 4 is 28.7 Å². The quantitative estimate of drug-likeness (QED) is 0.668. The number of carbonyl (C=O) groups excluding carboxylic acids is 1. The van der Waals surface area contributed by atoms with Crippen molar-refractivity contribution in [2.45, 2.75) is 30.1 Å². The van der Waals surface area contributed by atoms with Crippen LogP contribution in [0.1, 0.15) is 24.4 Å². The average Bonchev–Trinajstić information content (AvgIpc) is 3.22. The fraction of sp³-hybridized carbons (Fsp3) is 0.400. The fourth-order valence-corrected chi connectivity index (χ4v) is 4.36. The number of piperidine rings is 1. The standard InChI is InChI=1S/C20H20F3N5O2S/c1-31(30)19-9-18(24-11-25-19)27-5-3-15(16(23)10-27)20(29)28-17(2-4-26-28)12-6-13(21)8-14(22)7-12/h4,6-9,11,15-17H,2-3,5,10H2,1H3/t15-,16+,17-,31+/m0/s1. The zero-order chi connectivity index (χ0) is 22.1. The Bertz CT molecular complexity index is 1030. The lowest BCUT2D eigenvalue weighted by atomic mass is 9.92. The minimum Gasteiger partial charge on any atom is -0.354 e. The predicted molar refractivity (Wildman–Crippen MR) is 109 cm³/mol. The largest absolute Gasteiger partial charge is 0.354 e. The number of nitrogens with zero attached hydrogens (tertiary/aromatic N) is 5. The zero-order valence-corrected chi connectivity index (χ0v) is 17.4. The van der Waals surface area contributed by atoms with E-state index in [9.17, 15) is 17.8 Å². The number of hydrogen-bond acceptors (Lipinski definition) is 6. The van der Waals surface area contributed by atoms with E-state index in [0.717, 1.165) is 23.2 Å². The van der Waals surface area contributed by atoms with Crippen molar-refractivity contribution < 1.29 is 22.2 Å². The molecule has 0 spiro atoms. The molecule has 0 saturated carbocycles. The first-order valence-electron chi connectivity index (χ1n) is 9.69. The highest BCUT2D eigenvalue weighted by Gasteiger charge is 2.40. The Morgan fingerprint density at radius 2 is 1.90 bits per heavy atom. The number of aromatic nitrogens is 2. The van der Waals surface area contributed by atoms with Crippen LogP contribution in [0.15, 0.2) is 40.7 Å². The van der Waals surface area contributed by atoms with Gasteiger partial charge in [-0.2, -0.15) is 5.10 Å². The second-order valence-electron chi connectivity index (χ2n) is 7.46. The van der Waals surface area contributed by atoms with Crippen molar-refractivity contribution in [1.29, 1.82) is 0 Å². The molecule has 11 heteroatoms. The van der Waals surface area contributed by atoms with Gasteiger partial charge in [-0.15, -0.1) is 0 Å².